The maximum absolute atomic E-state index is 12.8. The molecule has 0 aliphatic heterocycles. The lowest BCUT2D eigenvalue weighted by molar-refractivity contribution is 0.592. The number of sulfone groups is 1. The van der Waals surface area contributed by atoms with Crippen LogP contribution >= 0.6 is 0 Å². The van der Waals surface area contributed by atoms with E-state index in [2.05, 4.69) is 16.8 Å². The van der Waals surface area contributed by atoms with E-state index in [1.807, 2.05) is 0 Å². The summed E-state index contributed by atoms with van der Waals surface area (Å²) in [5, 5.41) is -0.0268. The third-order valence-corrected chi connectivity index (χ3v) is 4.95. The molecule has 0 aliphatic carbocycles. The third kappa shape index (κ3) is 3.50. The van der Waals surface area contributed by atoms with Crippen LogP contribution in [0.4, 0.5) is 4.39 Å². The molecule has 0 N–H and O–H groups in total. The Morgan fingerprint density at radius 1 is 0.792 bits per heavy atom. The van der Waals surface area contributed by atoms with E-state index in [9.17, 15) is 12.8 Å². The van der Waals surface area contributed by atoms with Crippen molar-refractivity contribution in [3.63, 3.8) is 0 Å². The Bertz CT molecular complexity index is 1000. The van der Waals surface area contributed by atoms with Gasteiger partial charge in [0.05, 0.1) is 4.90 Å². The Morgan fingerprint density at radius 2 is 1.42 bits per heavy atom. The van der Waals surface area contributed by atoms with Gasteiger partial charge in [0.15, 0.2) is 5.03 Å². The third-order valence-electron chi connectivity index (χ3n) is 3.26. The summed E-state index contributed by atoms with van der Waals surface area (Å²) in [6.45, 7) is 0. The minimum atomic E-state index is -3.63. The highest BCUT2D eigenvalue weighted by Gasteiger charge is 2.18. The molecule has 0 radical (unpaired) electrons. The van der Waals surface area contributed by atoms with Crippen LogP contribution in [0.1, 0.15) is 11.1 Å². The van der Waals surface area contributed by atoms with Gasteiger partial charge in [0.2, 0.25) is 9.84 Å². The largest absolute Gasteiger partial charge is 0.243 e. The number of nitrogens with zero attached hydrogens (tertiary/aromatic N) is 1. The Balaban J connectivity index is 1.85. The number of halogens is 1. The SMILES string of the molecule is O=S(=O)(c1ccccc1)c1ccc(C#Cc2ccc(F)cc2)cn1. The van der Waals surface area contributed by atoms with Crippen LogP contribution in [0.2, 0.25) is 0 Å². The lowest BCUT2D eigenvalue weighted by atomic mass is 10.2. The molecule has 3 aromatic rings. The van der Waals surface area contributed by atoms with E-state index in [0.717, 1.165) is 0 Å². The van der Waals surface area contributed by atoms with E-state index in [-0.39, 0.29) is 15.7 Å². The van der Waals surface area contributed by atoms with Gasteiger partial charge in [-0.3, -0.25) is 0 Å². The number of hydrogen-bond acceptors (Lipinski definition) is 3. The molecule has 0 atom stereocenters. The highest BCUT2D eigenvalue weighted by Crippen LogP contribution is 2.18. The first-order chi connectivity index (χ1) is 11.6. The Kier molecular flexibility index (Phi) is 4.41. The number of pyridine rings is 1. The van der Waals surface area contributed by atoms with Gasteiger partial charge in [-0.2, -0.15) is 0 Å². The van der Waals surface area contributed by atoms with E-state index in [4.69, 9.17) is 0 Å². The number of rotatable bonds is 2. The van der Waals surface area contributed by atoms with Crippen molar-refractivity contribution in [2.75, 3.05) is 0 Å². The second kappa shape index (κ2) is 6.65. The molecular weight excluding hydrogens is 325 g/mol. The lowest BCUT2D eigenvalue weighted by Crippen LogP contribution is -2.04. The van der Waals surface area contributed by atoms with Crippen LogP contribution in [0.3, 0.4) is 0 Å². The van der Waals surface area contributed by atoms with E-state index >= 15 is 0 Å². The van der Waals surface area contributed by atoms with Crippen molar-refractivity contribution in [2.24, 2.45) is 0 Å². The van der Waals surface area contributed by atoms with Crippen LogP contribution in [-0.2, 0) is 9.84 Å². The van der Waals surface area contributed by atoms with Crippen molar-refractivity contribution in [2.45, 2.75) is 9.92 Å². The van der Waals surface area contributed by atoms with E-state index in [1.165, 1.54) is 36.5 Å². The number of benzene rings is 2. The molecule has 3 rings (SSSR count). The summed E-state index contributed by atoms with van der Waals surface area (Å²) in [6, 6.07) is 17.0. The molecule has 0 amide bonds. The van der Waals surface area contributed by atoms with Crippen molar-refractivity contribution in [3.05, 3.63) is 89.9 Å². The van der Waals surface area contributed by atoms with Gasteiger partial charge < -0.3 is 0 Å². The number of aromatic nitrogens is 1. The first-order valence-electron chi connectivity index (χ1n) is 7.09. The zero-order valence-electron chi connectivity index (χ0n) is 12.5. The van der Waals surface area contributed by atoms with Gasteiger partial charge in [0.25, 0.3) is 0 Å². The van der Waals surface area contributed by atoms with Crippen molar-refractivity contribution >= 4 is 9.84 Å². The molecule has 118 valence electrons. The molecule has 0 aliphatic rings. The van der Waals surface area contributed by atoms with Gasteiger partial charge in [-0.15, -0.1) is 0 Å². The molecule has 5 heteroatoms. The van der Waals surface area contributed by atoms with Crippen molar-refractivity contribution in [1.82, 2.24) is 4.98 Å². The molecule has 1 aromatic heterocycles. The van der Waals surface area contributed by atoms with Crippen LogP contribution in [0.15, 0.2) is 82.8 Å². The van der Waals surface area contributed by atoms with Gasteiger partial charge in [0.1, 0.15) is 5.82 Å². The molecule has 24 heavy (non-hydrogen) atoms. The maximum atomic E-state index is 12.8. The molecule has 0 saturated heterocycles. The normalized spacial score (nSPS) is 10.7. The summed E-state index contributed by atoms with van der Waals surface area (Å²) in [5.74, 6) is 5.42. The Morgan fingerprint density at radius 3 is 2.04 bits per heavy atom. The topological polar surface area (TPSA) is 47.0 Å². The summed E-state index contributed by atoms with van der Waals surface area (Å²) in [5.41, 5.74) is 1.24. The highest BCUT2D eigenvalue weighted by atomic mass is 32.2. The Labute approximate surface area is 139 Å². The summed E-state index contributed by atoms with van der Waals surface area (Å²) < 4.78 is 37.7. The zero-order valence-corrected chi connectivity index (χ0v) is 13.3. The molecule has 0 spiro atoms. The van der Waals surface area contributed by atoms with Crippen molar-refractivity contribution < 1.29 is 12.8 Å². The van der Waals surface area contributed by atoms with Crippen LogP contribution in [0, 0.1) is 17.7 Å². The smallest absolute Gasteiger partial charge is 0.223 e. The predicted octanol–water partition coefficient (Wildman–Crippen LogP) is 3.45. The molecule has 0 unspecified atom stereocenters. The zero-order chi connectivity index (χ0) is 17.0. The van der Waals surface area contributed by atoms with Gasteiger partial charge in [-0.05, 0) is 48.5 Å². The average Bonchev–Trinajstić information content (AvgIpc) is 2.62. The fourth-order valence-corrected chi connectivity index (χ4v) is 3.21. The summed E-state index contributed by atoms with van der Waals surface area (Å²) in [7, 11) is -3.63. The van der Waals surface area contributed by atoms with Gasteiger partial charge in [-0.25, -0.2) is 17.8 Å². The van der Waals surface area contributed by atoms with E-state index in [1.54, 1.807) is 36.4 Å². The average molecular weight is 337 g/mol. The lowest BCUT2D eigenvalue weighted by Gasteiger charge is -2.03. The molecule has 0 fully saturated rings. The van der Waals surface area contributed by atoms with Gasteiger partial charge >= 0.3 is 0 Å². The van der Waals surface area contributed by atoms with Gasteiger partial charge in [0, 0.05) is 17.3 Å². The minimum absolute atomic E-state index is 0.0268. The van der Waals surface area contributed by atoms with Gasteiger partial charge in [-0.1, -0.05) is 30.0 Å². The summed E-state index contributed by atoms with van der Waals surface area (Å²) >= 11 is 0. The second-order valence-electron chi connectivity index (χ2n) is 4.96. The second-order valence-corrected chi connectivity index (χ2v) is 6.86. The summed E-state index contributed by atoms with van der Waals surface area (Å²) in [6.07, 6.45) is 1.41. The predicted molar refractivity (Wildman–Crippen MR) is 88.5 cm³/mol. The minimum Gasteiger partial charge on any atom is -0.243 e. The molecule has 1 heterocycles. The van der Waals surface area contributed by atoms with Crippen LogP contribution in [0.5, 0.6) is 0 Å². The standard InChI is InChI=1S/C19H12FNO2S/c20-17-11-8-15(9-12-17)6-7-16-10-13-19(21-14-16)24(22,23)18-4-2-1-3-5-18/h1-5,8-14H. The quantitative estimate of drug-likeness (QED) is 0.673. The monoisotopic (exact) mass is 337 g/mol. The molecule has 2 aromatic carbocycles. The molecule has 0 bridgehead atoms. The Hall–Kier alpha value is -2.97. The van der Waals surface area contributed by atoms with Crippen molar-refractivity contribution in [1.29, 1.82) is 0 Å². The summed E-state index contributed by atoms with van der Waals surface area (Å²) in [4.78, 5) is 4.20. The van der Waals surface area contributed by atoms with Crippen LogP contribution in [0.25, 0.3) is 0 Å². The maximum Gasteiger partial charge on any atom is 0.223 e. The fraction of sp³-hybridized carbons (Fsp3) is 0. The van der Waals surface area contributed by atoms with Crippen LogP contribution < -0.4 is 0 Å². The molecular formula is C19H12FNO2S. The number of hydrogen-bond donors (Lipinski definition) is 0. The van der Waals surface area contributed by atoms with Crippen molar-refractivity contribution in [3.8, 4) is 11.8 Å². The van der Waals surface area contributed by atoms with E-state index in [0.29, 0.717) is 11.1 Å². The van der Waals surface area contributed by atoms with Crippen LogP contribution in [-0.4, -0.2) is 13.4 Å². The molecule has 3 nitrogen and oxygen atoms in total. The highest BCUT2D eigenvalue weighted by molar-refractivity contribution is 7.91. The first kappa shape index (κ1) is 15.9. The fourth-order valence-electron chi connectivity index (χ4n) is 2.01. The van der Waals surface area contributed by atoms with E-state index < -0.39 is 9.84 Å². The first-order valence-corrected chi connectivity index (χ1v) is 8.58. The molecule has 0 saturated carbocycles.